The minimum Gasteiger partial charge on any atom is -0.496 e. The number of benzene rings is 1. The van der Waals surface area contributed by atoms with E-state index < -0.39 is 0 Å². The number of rotatable bonds is 3. The van der Waals surface area contributed by atoms with Gasteiger partial charge in [-0.05, 0) is 30.2 Å². The van der Waals surface area contributed by atoms with Crippen molar-refractivity contribution in [1.82, 2.24) is 14.5 Å². The topological polar surface area (TPSA) is 57.0 Å². The second-order valence-electron chi connectivity index (χ2n) is 5.41. The number of ether oxygens (including phenoxy) is 1. The fraction of sp³-hybridized carbons (Fsp3) is 0.167. The molecule has 0 aliphatic rings. The van der Waals surface area contributed by atoms with Crippen LogP contribution in [-0.4, -0.2) is 21.6 Å². The van der Waals surface area contributed by atoms with Crippen molar-refractivity contribution in [3.8, 4) is 11.4 Å². The van der Waals surface area contributed by atoms with E-state index in [0.29, 0.717) is 16.0 Å². The summed E-state index contributed by atoms with van der Waals surface area (Å²) in [7, 11) is 1.61. The molecule has 0 atom stereocenters. The van der Waals surface area contributed by atoms with Gasteiger partial charge in [-0.25, -0.2) is 9.97 Å². The number of nitrogens with zero attached hydrogens (tertiary/aromatic N) is 3. The van der Waals surface area contributed by atoms with Crippen LogP contribution in [-0.2, 0) is 6.42 Å². The summed E-state index contributed by atoms with van der Waals surface area (Å²) in [5.41, 5.74) is 2.60. The van der Waals surface area contributed by atoms with E-state index in [1.54, 1.807) is 30.3 Å². The molecule has 0 saturated heterocycles. The lowest BCUT2D eigenvalue weighted by Crippen LogP contribution is -2.17. The van der Waals surface area contributed by atoms with Gasteiger partial charge in [0.05, 0.1) is 18.2 Å². The maximum absolute atomic E-state index is 12.9. The highest BCUT2D eigenvalue weighted by Crippen LogP contribution is 2.35. The van der Waals surface area contributed by atoms with Gasteiger partial charge in [-0.15, -0.1) is 11.3 Å². The molecule has 0 fully saturated rings. The fourth-order valence-electron chi connectivity index (χ4n) is 2.77. The molecule has 0 amide bonds. The lowest BCUT2D eigenvalue weighted by molar-refractivity contribution is 0.420. The van der Waals surface area contributed by atoms with Crippen molar-refractivity contribution in [2.45, 2.75) is 13.3 Å². The maximum atomic E-state index is 12.9. The van der Waals surface area contributed by atoms with Crippen LogP contribution in [0.1, 0.15) is 12.5 Å². The third kappa shape index (κ3) is 2.18. The highest BCUT2D eigenvalue weighted by atomic mass is 32.1. The van der Waals surface area contributed by atoms with Crippen LogP contribution in [0.5, 0.6) is 5.75 Å². The van der Waals surface area contributed by atoms with Gasteiger partial charge in [-0.1, -0.05) is 19.1 Å². The fourth-order valence-corrected chi connectivity index (χ4v) is 3.81. The number of methoxy groups -OCH3 is 1. The van der Waals surface area contributed by atoms with Crippen molar-refractivity contribution in [2.24, 2.45) is 0 Å². The zero-order chi connectivity index (χ0) is 16.7. The van der Waals surface area contributed by atoms with E-state index in [2.05, 4.69) is 16.9 Å². The predicted octanol–water partition coefficient (Wildman–Crippen LogP) is 3.57. The second-order valence-corrected chi connectivity index (χ2v) is 6.41. The Labute approximate surface area is 142 Å². The van der Waals surface area contributed by atoms with Crippen molar-refractivity contribution in [1.29, 1.82) is 0 Å². The van der Waals surface area contributed by atoms with Gasteiger partial charge in [-0.3, -0.25) is 9.36 Å². The number of aryl methyl sites for hydroxylation is 1. The molecule has 0 saturated carbocycles. The molecule has 6 heteroatoms. The molecule has 5 nitrogen and oxygen atoms in total. The van der Waals surface area contributed by atoms with Crippen molar-refractivity contribution in [2.75, 3.05) is 7.11 Å². The van der Waals surface area contributed by atoms with Crippen LogP contribution >= 0.6 is 11.3 Å². The van der Waals surface area contributed by atoms with Crippen molar-refractivity contribution >= 4 is 31.8 Å². The zero-order valence-corrected chi connectivity index (χ0v) is 14.1. The molecule has 0 bridgehead atoms. The first-order valence-electron chi connectivity index (χ1n) is 7.65. The third-order valence-corrected chi connectivity index (χ3v) is 5.16. The van der Waals surface area contributed by atoms with Gasteiger partial charge in [0.25, 0.3) is 5.56 Å². The monoisotopic (exact) mass is 337 g/mol. The van der Waals surface area contributed by atoms with Gasteiger partial charge in [-0.2, -0.15) is 0 Å². The lowest BCUT2D eigenvalue weighted by Gasteiger charge is -2.06. The first-order chi connectivity index (χ1) is 11.7. The number of hydrogen-bond donors (Lipinski definition) is 0. The Morgan fingerprint density at radius 2 is 1.96 bits per heavy atom. The Hall–Kier alpha value is -2.73. The summed E-state index contributed by atoms with van der Waals surface area (Å²) in [5.74, 6) is 0.684. The van der Waals surface area contributed by atoms with Crippen LogP contribution in [0.25, 0.3) is 26.1 Å². The average molecular weight is 337 g/mol. The van der Waals surface area contributed by atoms with E-state index >= 15 is 0 Å². The molecule has 3 heterocycles. The molecular formula is C18H15N3O2S. The summed E-state index contributed by atoms with van der Waals surface area (Å²) in [6, 6.07) is 9.73. The summed E-state index contributed by atoms with van der Waals surface area (Å²) >= 11 is 1.35. The first kappa shape index (κ1) is 14.8. The van der Waals surface area contributed by atoms with Gasteiger partial charge in [0.15, 0.2) is 0 Å². The van der Waals surface area contributed by atoms with Crippen LogP contribution in [0.3, 0.4) is 0 Å². The minimum absolute atomic E-state index is 0.0886. The highest BCUT2D eigenvalue weighted by molar-refractivity contribution is 7.25. The quantitative estimate of drug-likeness (QED) is 0.573. The van der Waals surface area contributed by atoms with Crippen molar-refractivity contribution in [3.05, 3.63) is 58.8 Å². The van der Waals surface area contributed by atoms with Gasteiger partial charge in [0.2, 0.25) is 0 Å². The summed E-state index contributed by atoms with van der Waals surface area (Å²) in [5, 5.41) is 0.797. The van der Waals surface area contributed by atoms with Gasteiger partial charge < -0.3 is 4.74 Å². The van der Waals surface area contributed by atoms with E-state index in [4.69, 9.17) is 4.74 Å². The van der Waals surface area contributed by atoms with Gasteiger partial charge in [0, 0.05) is 6.20 Å². The summed E-state index contributed by atoms with van der Waals surface area (Å²) < 4.78 is 7.55. The number of aromatic nitrogens is 3. The van der Waals surface area contributed by atoms with Crippen LogP contribution < -0.4 is 10.3 Å². The average Bonchev–Trinajstić information content (AvgIpc) is 3.02. The van der Waals surface area contributed by atoms with E-state index in [-0.39, 0.29) is 5.56 Å². The molecule has 0 N–H and O–H groups in total. The summed E-state index contributed by atoms with van der Waals surface area (Å²) in [6.45, 7) is 2.10. The Bertz CT molecular complexity index is 1100. The summed E-state index contributed by atoms with van der Waals surface area (Å²) in [6.07, 6.45) is 4.22. The molecular weight excluding hydrogens is 322 g/mol. The van der Waals surface area contributed by atoms with E-state index in [0.717, 1.165) is 22.3 Å². The lowest BCUT2D eigenvalue weighted by atomic mass is 10.1. The van der Waals surface area contributed by atoms with E-state index in [9.17, 15) is 4.79 Å². The standard InChI is InChI=1S/C18H15N3O2S/c1-3-11-4-6-12(7-5-11)21-10-20-15-14-13(23-2)8-9-19-17(14)24-16(15)18(21)22/h4-10H,3H2,1-2H3. The van der Waals surface area contributed by atoms with Crippen LogP contribution in [0.15, 0.2) is 47.7 Å². The van der Waals surface area contributed by atoms with Crippen LogP contribution in [0.4, 0.5) is 0 Å². The number of fused-ring (bicyclic) bond motifs is 3. The third-order valence-electron chi connectivity index (χ3n) is 4.09. The molecule has 1 aromatic carbocycles. The van der Waals surface area contributed by atoms with E-state index in [1.807, 2.05) is 24.3 Å². The largest absolute Gasteiger partial charge is 0.496 e. The normalized spacial score (nSPS) is 11.2. The molecule has 0 spiro atoms. The minimum atomic E-state index is -0.0886. The molecule has 4 aromatic rings. The Kier molecular flexibility index (Phi) is 3.54. The molecule has 0 radical (unpaired) electrons. The maximum Gasteiger partial charge on any atom is 0.275 e. The second kappa shape index (κ2) is 5.72. The molecule has 120 valence electrons. The van der Waals surface area contributed by atoms with E-state index in [1.165, 1.54) is 16.9 Å². The molecule has 0 aliphatic heterocycles. The molecule has 3 aromatic heterocycles. The smallest absolute Gasteiger partial charge is 0.275 e. The molecule has 0 aliphatic carbocycles. The van der Waals surface area contributed by atoms with Crippen LogP contribution in [0.2, 0.25) is 0 Å². The molecule has 0 unspecified atom stereocenters. The number of thiophene rings is 1. The Morgan fingerprint density at radius 1 is 1.17 bits per heavy atom. The van der Waals surface area contributed by atoms with Crippen LogP contribution in [0, 0.1) is 0 Å². The Morgan fingerprint density at radius 3 is 2.67 bits per heavy atom. The van der Waals surface area contributed by atoms with Gasteiger partial charge in [0.1, 0.15) is 27.1 Å². The predicted molar refractivity (Wildman–Crippen MR) is 96.4 cm³/mol. The first-order valence-corrected chi connectivity index (χ1v) is 8.46. The van der Waals surface area contributed by atoms with Crippen molar-refractivity contribution < 1.29 is 4.74 Å². The molecule has 4 rings (SSSR count). The zero-order valence-electron chi connectivity index (χ0n) is 13.3. The number of pyridine rings is 1. The van der Waals surface area contributed by atoms with Gasteiger partial charge >= 0.3 is 0 Å². The SMILES string of the molecule is CCc1ccc(-n2cnc3c(sc4nccc(OC)c43)c2=O)cc1. The summed E-state index contributed by atoms with van der Waals surface area (Å²) in [4.78, 5) is 22.5. The molecule has 24 heavy (non-hydrogen) atoms. The Balaban J connectivity index is 1.98. The highest BCUT2D eigenvalue weighted by Gasteiger charge is 2.16. The number of hydrogen-bond acceptors (Lipinski definition) is 5. The van der Waals surface area contributed by atoms with Crippen molar-refractivity contribution in [3.63, 3.8) is 0 Å².